The minimum absolute atomic E-state index is 0.147. The molecule has 3 heteroatoms. The van der Waals surface area contributed by atoms with Crippen LogP contribution in [0.25, 0.3) is 0 Å². The second kappa shape index (κ2) is 5.51. The molecule has 15 heavy (non-hydrogen) atoms. The summed E-state index contributed by atoms with van der Waals surface area (Å²) < 4.78 is 5.09. The number of hydrogen-bond donors (Lipinski definition) is 0. The van der Waals surface area contributed by atoms with Crippen LogP contribution in [-0.4, -0.2) is 32.4 Å². The summed E-state index contributed by atoms with van der Waals surface area (Å²) in [6.07, 6.45) is 1.47. The Bertz CT molecular complexity index is 306. The minimum Gasteiger partial charge on any atom is -0.497 e. The Morgan fingerprint density at radius 1 is 1.33 bits per heavy atom. The van der Waals surface area contributed by atoms with Crippen LogP contribution in [0.2, 0.25) is 0 Å². The molecule has 0 fully saturated rings. The molecule has 0 heterocycles. The molecule has 0 spiro atoms. The summed E-state index contributed by atoms with van der Waals surface area (Å²) in [6, 6.07) is 7.96. The Kier molecular flexibility index (Phi) is 4.31. The molecule has 0 saturated heterocycles. The number of methoxy groups -OCH3 is 1. The van der Waals surface area contributed by atoms with Crippen LogP contribution in [0.15, 0.2) is 24.3 Å². The molecule has 1 aromatic rings. The van der Waals surface area contributed by atoms with Gasteiger partial charge in [0, 0.05) is 12.5 Å². The number of rotatable bonds is 5. The first kappa shape index (κ1) is 11.7. The second-order valence-corrected chi connectivity index (χ2v) is 3.65. The van der Waals surface area contributed by atoms with Crippen molar-refractivity contribution in [2.45, 2.75) is 12.5 Å². The fourth-order valence-corrected chi connectivity index (χ4v) is 1.56. The van der Waals surface area contributed by atoms with Crippen molar-refractivity contribution < 1.29 is 9.53 Å². The number of ether oxygens (including phenoxy) is 1. The van der Waals surface area contributed by atoms with Gasteiger partial charge in [0.15, 0.2) is 0 Å². The van der Waals surface area contributed by atoms with Crippen molar-refractivity contribution >= 4 is 6.29 Å². The Morgan fingerprint density at radius 3 is 2.33 bits per heavy atom. The van der Waals surface area contributed by atoms with Gasteiger partial charge in [-0.2, -0.15) is 0 Å². The van der Waals surface area contributed by atoms with Crippen LogP contribution in [0.1, 0.15) is 18.0 Å². The highest BCUT2D eigenvalue weighted by molar-refractivity contribution is 5.51. The molecule has 1 aromatic carbocycles. The van der Waals surface area contributed by atoms with Gasteiger partial charge in [0.05, 0.1) is 7.11 Å². The normalized spacial score (nSPS) is 12.5. The molecular weight excluding hydrogens is 190 g/mol. The zero-order valence-electron chi connectivity index (χ0n) is 9.43. The Hall–Kier alpha value is -1.35. The molecule has 0 N–H and O–H groups in total. The van der Waals surface area contributed by atoms with E-state index >= 15 is 0 Å². The van der Waals surface area contributed by atoms with E-state index < -0.39 is 0 Å². The standard InChI is InChI=1S/C12H17NO2/c1-13(2)12(8-9-14)10-4-6-11(15-3)7-5-10/h4-7,9,12H,8H2,1-3H3. The molecular formula is C12H17NO2. The van der Waals surface area contributed by atoms with E-state index in [4.69, 9.17) is 4.74 Å². The van der Waals surface area contributed by atoms with Gasteiger partial charge < -0.3 is 14.4 Å². The molecule has 1 unspecified atom stereocenters. The molecule has 0 saturated carbocycles. The Morgan fingerprint density at radius 2 is 1.93 bits per heavy atom. The zero-order valence-corrected chi connectivity index (χ0v) is 9.43. The van der Waals surface area contributed by atoms with E-state index in [-0.39, 0.29) is 6.04 Å². The first-order valence-electron chi connectivity index (χ1n) is 4.93. The maximum absolute atomic E-state index is 10.6. The fraction of sp³-hybridized carbons (Fsp3) is 0.417. The molecule has 1 rings (SSSR count). The monoisotopic (exact) mass is 207 g/mol. The van der Waals surface area contributed by atoms with Crippen LogP contribution in [0.3, 0.4) is 0 Å². The third-order valence-electron chi connectivity index (χ3n) is 2.44. The molecule has 0 amide bonds. The number of benzene rings is 1. The van der Waals surface area contributed by atoms with E-state index in [0.717, 1.165) is 17.6 Å². The van der Waals surface area contributed by atoms with Gasteiger partial charge >= 0.3 is 0 Å². The lowest BCUT2D eigenvalue weighted by Crippen LogP contribution is -2.20. The molecule has 0 radical (unpaired) electrons. The lowest BCUT2D eigenvalue weighted by molar-refractivity contribution is -0.108. The van der Waals surface area contributed by atoms with Crippen LogP contribution in [-0.2, 0) is 4.79 Å². The van der Waals surface area contributed by atoms with Gasteiger partial charge in [0.25, 0.3) is 0 Å². The third kappa shape index (κ3) is 3.06. The molecule has 0 aliphatic heterocycles. The van der Waals surface area contributed by atoms with Crippen molar-refractivity contribution in [1.29, 1.82) is 0 Å². The van der Waals surface area contributed by atoms with E-state index in [2.05, 4.69) is 0 Å². The van der Waals surface area contributed by atoms with Gasteiger partial charge in [-0.15, -0.1) is 0 Å². The number of hydrogen-bond acceptors (Lipinski definition) is 3. The molecule has 0 aromatic heterocycles. The van der Waals surface area contributed by atoms with Crippen molar-refractivity contribution in [3.8, 4) is 5.75 Å². The van der Waals surface area contributed by atoms with Crippen LogP contribution < -0.4 is 4.74 Å². The van der Waals surface area contributed by atoms with Crippen molar-refractivity contribution in [1.82, 2.24) is 4.90 Å². The van der Waals surface area contributed by atoms with Crippen LogP contribution >= 0.6 is 0 Å². The summed E-state index contributed by atoms with van der Waals surface area (Å²) in [6.45, 7) is 0. The number of aldehydes is 1. The first-order valence-corrected chi connectivity index (χ1v) is 4.93. The average Bonchev–Trinajstić information content (AvgIpc) is 2.26. The minimum atomic E-state index is 0.147. The Labute approximate surface area is 90.7 Å². The smallest absolute Gasteiger partial charge is 0.121 e. The summed E-state index contributed by atoms with van der Waals surface area (Å²) in [5.41, 5.74) is 1.13. The molecule has 3 nitrogen and oxygen atoms in total. The number of carbonyl (C=O) groups excluding carboxylic acids is 1. The second-order valence-electron chi connectivity index (χ2n) is 3.65. The van der Waals surface area contributed by atoms with Gasteiger partial charge in [0.2, 0.25) is 0 Å². The van der Waals surface area contributed by atoms with E-state index in [1.54, 1.807) is 7.11 Å². The van der Waals surface area contributed by atoms with Gasteiger partial charge in [-0.25, -0.2) is 0 Å². The predicted molar refractivity (Wildman–Crippen MR) is 60.1 cm³/mol. The fourth-order valence-electron chi connectivity index (χ4n) is 1.56. The van der Waals surface area contributed by atoms with E-state index in [0.29, 0.717) is 6.42 Å². The molecule has 0 aliphatic carbocycles. The van der Waals surface area contributed by atoms with E-state index in [9.17, 15) is 4.79 Å². The van der Waals surface area contributed by atoms with E-state index in [1.165, 1.54) is 0 Å². The van der Waals surface area contributed by atoms with Crippen LogP contribution in [0.5, 0.6) is 5.75 Å². The van der Waals surface area contributed by atoms with Crippen LogP contribution in [0.4, 0.5) is 0 Å². The summed E-state index contributed by atoms with van der Waals surface area (Å²) in [5.74, 6) is 0.836. The van der Waals surface area contributed by atoms with Crippen LogP contribution in [0, 0.1) is 0 Å². The maximum Gasteiger partial charge on any atom is 0.121 e. The SMILES string of the molecule is COc1ccc(C(CC=O)N(C)C)cc1. The first-order chi connectivity index (χ1) is 7.19. The summed E-state index contributed by atoms with van der Waals surface area (Å²) in [4.78, 5) is 12.6. The number of nitrogens with zero attached hydrogens (tertiary/aromatic N) is 1. The van der Waals surface area contributed by atoms with Crippen molar-refractivity contribution in [3.63, 3.8) is 0 Å². The van der Waals surface area contributed by atoms with Crippen molar-refractivity contribution in [3.05, 3.63) is 29.8 Å². The van der Waals surface area contributed by atoms with Crippen molar-refractivity contribution in [2.24, 2.45) is 0 Å². The number of carbonyl (C=O) groups is 1. The predicted octanol–water partition coefficient (Wildman–Crippen LogP) is 1.89. The Balaban J connectivity index is 2.86. The quantitative estimate of drug-likeness (QED) is 0.690. The van der Waals surface area contributed by atoms with Gasteiger partial charge in [-0.1, -0.05) is 12.1 Å². The molecule has 0 bridgehead atoms. The molecule has 82 valence electrons. The average molecular weight is 207 g/mol. The van der Waals surface area contributed by atoms with E-state index in [1.807, 2.05) is 43.3 Å². The van der Waals surface area contributed by atoms with Gasteiger partial charge in [-0.05, 0) is 31.8 Å². The topological polar surface area (TPSA) is 29.5 Å². The zero-order chi connectivity index (χ0) is 11.3. The largest absolute Gasteiger partial charge is 0.497 e. The van der Waals surface area contributed by atoms with Gasteiger partial charge in [-0.3, -0.25) is 0 Å². The lowest BCUT2D eigenvalue weighted by atomic mass is 10.0. The third-order valence-corrected chi connectivity index (χ3v) is 2.44. The van der Waals surface area contributed by atoms with Crippen molar-refractivity contribution in [2.75, 3.05) is 21.2 Å². The molecule has 1 atom stereocenters. The molecule has 0 aliphatic rings. The summed E-state index contributed by atoms with van der Waals surface area (Å²) in [5, 5.41) is 0. The summed E-state index contributed by atoms with van der Waals surface area (Å²) in [7, 11) is 5.58. The highest BCUT2D eigenvalue weighted by Crippen LogP contribution is 2.23. The van der Waals surface area contributed by atoms with Gasteiger partial charge in [0.1, 0.15) is 12.0 Å². The lowest BCUT2D eigenvalue weighted by Gasteiger charge is -2.22. The highest BCUT2D eigenvalue weighted by atomic mass is 16.5. The highest BCUT2D eigenvalue weighted by Gasteiger charge is 2.12. The summed E-state index contributed by atoms with van der Waals surface area (Å²) >= 11 is 0. The maximum atomic E-state index is 10.6.